The van der Waals surface area contributed by atoms with Gasteiger partial charge >= 0.3 is 5.97 Å². The Morgan fingerprint density at radius 1 is 1.26 bits per heavy atom. The maximum Gasteiger partial charge on any atom is 0.335 e. The number of hydrogen-bond acceptors (Lipinski definition) is 7. The lowest BCUT2D eigenvalue weighted by molar-refractivity contribution is -0.0392. The van der Waals surface area contributed by atoms with E-state index in [-0.39, 0.29) is 41.8 Å². The van der Waals surface area contributed by atoms with Crippen molar-refractivity contribution in [2.75, 3.05) is 43.6 Å². The van der Waals surface area contributed by atoms with Crippen molar-refractivity contribution in [2.45, 2.75) is 43.6 Å². The van der Waals surface area contributed by atoms with Crippen LogP contribution in [0.3, 0.4) is 0 Å². The van der Waals surface area contributed by atoms with Crippen molar-refractivity contribution in [3.8, 4) is 5.75 Å². The van der Waals surface area contributed by atoms with Gasteiger partial charge in [-0.3, -0.25) is 0 Å². The third-order valence-electron chi connectivity index (χ3n) is 8.51. The fourth-order valence-corrected chi connectivity index (χ4v) is 6.91. The highest BCUT2D eigenvalue weighted by atomic mass is 35.5. The van der Waals surface area contributed by atoms with Gasteiger partial charge in [-0.1, -0.05) is 17.7 Å². The second kappa shape index (κ2) is 11.2. The third kappa shape index (κ3) is 6.20. The quantitative estimate of drug-likeness (QED) is 0.385. The van der Waals surface area contributed by atoms with E-state index in [1.807, 2.05) is 12.1 Å². The number of carboxylic acid groups (broad SMARTS) is 1. The molecular weight excluding hydrogens is 544 g/mol. The predicted molar refractivity (Wildman–Crippen MR) is 148 cm³/mol. The number of nitrogens with zero attached hydrogens (tertiary/aromatic N) is 1. The average Bonchev–Trinajstić information content (AvgIpc) is 3.01. The van der Waals surface area contributed by atoms with E-state index in [0.29, 0.717) is 30.5 Å². The Kier molecular flexibility index (Phi) is 8.13. The Balaban J connectivity index is 1.39. The van der Waals surface area contributed by atoms with Gasteiger partial charge in [0.2, 0.25) is 10.0 Å². The van der Waals surface area contributed by atoms with Crippen molar-refractivity contribution in [3.63, 3.8) is 0 Å². The van der Waals surface area contributed by atoms with Crippen LogP contribution in [-0.2, 0) is 26.6 Å². The molecule has 0 bridgehead atoms. The highest BCUT2D eigenvalue weighted by molar-refractivity contribution is 7.89. The van der Waals surface area contributed by atoms with Gasteiger partial charge in [-0.15, -0.1) is 0 Å². The summed E-state index contributed by atoms with van der Waals surface area (Å²) in [5, 5.41) is 26.2. The number of ether oxygens (including phenoxy) is 2. The number of primary sulfonamides is 1. The molecule has 1 heterocycles. The summed E-state index contributed by atoms with van der Waals surface area (Å²) in [7, 11) is -3.62. The molecule has 0 amide bonds. The van der Waals surface area contributed by atoms with Crippen LogP contribution in [-0.4, -0.2) is 69.4 Å². The number of hydrogen-bond donors (Lipinski definition) is 3. The Bertz CT molecular complexity index is 1340. The number of aryl methyl sites for hydroxylation is 1. The Labute approximate surface area is 233 Å². The van der Waals surface area contributed by atoms with Crippen LogP contribution in [0.2, 0.25) is 5.02 Å². The summed E-state index contributed by atoms with van der Waals surface area (Å²) >= 11 is 6.33. The molecule has 5 rings (SSSR count). The van der Waals surface area contributed by atoms with Crippen LogP contribution >= 0.6 is 11.6 Å². The molecule has 4 atom stereocenters. The number of sulfonamides is 1. The molecule has 1 fully saturated rings. The van der Waals surface area contributed by atoms with Gasteiger partial charge in [0.1, 0.15) is 5.75 Å². The van der Waals surface area contributed by atoms with E-state index in [2.05, 4.69) is 11.0 Å². The standard InChI is InChI=1S/C28H35ClN2O7S/c29-21-5-7-23-18(12-21)2-1-9-28(23)16-31(24-13-19(27(33)34)4-8-26(24)38-17-28)14-20-3-6-22(20)25(32)15-37-10-11-39(30,35)36/h4-5,7-8,12-13,20,22,25,32H,1-3,6,9-11,14-17H2,(H,33,34)(H2,30,35,36)/t20-,22+,25-,28-/m0/s1. The van der Waals surface area contributed by atoms with Crippen LogP contribution in [0, 0.1) is 11.8 Å². The number of fused-ring (bicyclic) bond motifs is 3. The average molecular weight is 579 g/mol. The van der Waals surface area contributed by atoms with E-state index in [0.717, 1.165) is 37.8 Å². The molecule has 2 aromatic carbocycles. The van der Waals surface area contributed by atoms with Crippen molar-refractivity contribution in [3.05, 3.63) is 58.1 Å². The number of carbonyl (C=O) groups is 1. The molecule has 1 spiro atoms. The summed E-state index contributed by atoms with van der Waals surface area (Å²) in [4.78, 5) is 14.1. The van der Waals surface area contributed by atoms with Gasteiger partial charge in [-0.25, -0.2) is 18.4 Å². The lowest BCUT2D eigenvalue weighted by atomic mass is 9.68. The van der Waals surface area contributed by atoms with Crippen LogP contribution in [0.4, 0.5) is 5.69 Å². The summed E-state index contributed by atoms with van der Waals surface area (Å²) < 4.78 is 34.1. The summed E-state index contributed by atoms with van der Waals surface area (Å²) in [5.74, 6) is -0.489. The fraction of sp³-hybridized carbons (Fsp3) is 0.536. The van der Waals surface area contributed by atoms with Gasteiger partial charge in [0.15, 0.2) is 0 Å². The monoisotopic (exact) mass is 578 g/mol. The summed E-state index contributed by atoms with van der Waals surface area (Å²) in [6.45, 7) is 1.74. The van der Waals surface area contributed by atoms with Crippen LogP contribution in [0.15, 0.2) is 36.4 Å². The number of anilines is 1. The molecule has 0 unspecified atom stereocenters. The van der Waals surface area contributed by atoms with E-state index in [1.54, 1.807) is 18.2 Å². The van der Waals surface area contributed by atoms with Crippen molar-refractivity contribution in [1.82, 2.24) is 0 Å². The number of nitrogens with two attached hydrogens (primary N) is 1. The number of carboxylic acids is 1. The minimum absolute atomic E-state index is 0.0110. The maximum absolute atomic E-state index is 11.8. The number of aliphatic hydroxyl groups is 1. The molecular formula is C28H35ClN2O7S. The summed E-state index contributed by atoms with van der Waals surface area (Å²) in [5.41, 5.74) is 3.11. The van der Waals surface area contributed by atoms with Gasteiger partial charge in [0.25, 0.3) is 0 Å². The smallest absolute Gasteiger partial charge is 0.335 e. The molecule has 39 heavy (non-hydrogen) atoms. The molecule has 1 aliphatic heterocycles. The summed E-state index contributed by atoms with van der Waals surface area (Å²) in [6.07, 6.45) is 3.92. The molecule has 2 aliphatic carbocycles. The van der Waals surface area contributed by atoms with Crippen LogP contribution in [0.5, 0.6) is 5.75 Å². The lowest BCUT2D eigenvalue weighted by Gasteiger charge is -2.45. The molecule has 3 aliphatic rings. The van der Waals surface area contributed by atoms with Gasteiger partial charge in [-0.2, -0.15) is 0 Å². The molecule has 0 saturated heterocycles. The van der Waals surface area contributed by atoms with Gasteiger partial charge in [0, 0.05) is 23.5 Å². The van der Waals surface area contributed by atoms with Crippen molar-refractivity contribution >= 4 is 33.3 Å². The highest BCUT2D eigenvalue weighted by Crippen LogP contribution is 2.46. The van der Waals surface area contributed by atoms with Gasteiger partial charge in [0.05, 0.1) is 42.9 Å². The second-order valence-electron chi connectivity index (χ2n) is 11.1. The lowest BCUT2D eigenvalue weighted by Crippen LogP contribution is -2.50. The first kappa shape index (κ1) is 28.2. The first-order valence-electron chi connectivity index (χ1n) is 13.3. The largest absolute Gasteiger partial charge is 0.490 e. The zero-order valence-corrected chi connectivity index (χ0v) is 23.3. The normalized spacial score (nSPS) is 25.2. The molecule has 0 aromatic heterocycles. The second-order valence-corrected chi connectivity index (χ2v) is 13.3. The van der Waals surface area contributed by atoms with Crippen molar-refractivity contribution < 1.29 is 32.9 Å². The van der Waals surface area contributed by atoms with Crippen LogP contribution in [0.25, 0.3) is 0 Å². The van der Waals surface area contributed by atoms with E-state index in [9.17, 15) is 23.4 Å². The number of aliphatic hydroxyl groups excluding tert-OH is 1. The van der Waals surface area contributed by atoms with E-state index < -0.39 is 22.1 Å². The van der Waals surface area contributed by atoms with Crippen molar-refractivity contribution in [1.29, 1.82) is 0 Å². The van der Waals surface area contributed by atoms with Gasteiger partial charge < -0.3 is 24.6 Å². The van der Waals surface area contributed by atoms with E-state index >= 15 is 0 Å². The Hall–Kier alpha value is -2.37. The molecule has 4 N–H and O–H groups in total. The zero-order valence-electron chi connectivity index (χ0n) is 21.7. The summed E-state index contributed by atoms with van der Waals surface area (Å²) in [6, 6.07) is 11.1. The number of rotatable bonds is 9. The molecule has 1 saturated carbocycles. The van der Waals surface area contributed by atoms with Crippen LogP contribution < -0.4 is 14.8 Å². The Morgan fingerprint density at radius 3 is 2.79 bits per heavy atom. The van der Waals surface area contributed by atoms with E-state index in [4.69, 9.17) is 26.2 Å². The number of aromatic carboxylic acids is 1. The fourth-order valence-electron chi connectivity index (χ4n) is 6.36. The Morgan fingerprint density at radius 2 is 2.08 bits per heavy atom. The SMILES string of the molecule is NS(=O)(=O)CCOC[C@H](O)[C@@H]1CC[C@H]1CN1C[C@@]2(CCCc3cc(Cl)ccc32)COc2ccc(C(=O)O)cc21. The maximum atomic E-state index is 11.8. The molecule has 2 aromatic rings. The highest BCUT2D eigenvalue weighted by Gasteiger charge is 2.44. The molecule has 11 heteroatoms. The van der Waals surface area contributed by atoms with Crippen molar-refractivity contribution in [2.24, 2.45) is 17.0 Å². The zero-order chi connectivity index (χ0) is 27.8. The predicted octanol–water partition coefficient (Wildman–Crippen LogP) is 3.20. The number of halogens is 1. The molecule has 9 nitrogen and oxygen atoms in total. The van der Waals surface area contributed by atoms with E-state index in [1.165, 1.54) is 11.1 Å². The molecule has 212 valence electrons. The first-order chi connectivity index (χ1) is 18.5. The topological polar surface area (TPSA) is 139 Å². The minimum atomic E-state index is -3.62. The van der Waals surface area contributed by atoms with Gasteiger partial charge in [-0.05, 0) is 85.4 Å². The first-order valence-corrected chi connectivity index (χ1v) is 15.4. The third-order valence-corrected chi connectivity index (χ3v) is 9.48. The molecule has 0 radical (unpaired) electrons. The minimum Gasteiger partial charge on any atom is -0.490 e. The van der Waals surface area contributed by atoms with Crippen LogP contribution in [0.1, 0.15) is 47.2 Å². The number of benzene rings is 2.